The lowest BCUT2D eigenvalue weighted by Gasteiger charge is -2.35. The molecule has 1 aromatic carbocycles. The molecule has 1 heterocycles. The van der Waals surface area contributed by atoms with Crippen LogP contribution in [0.3, 0.4) is 0 Å². The first kappa shape index (κ1) is 13.8. The number of likely N-dealkylation sites (tertiary alicyclic amines) is 1. The lowest BCUT2D eigenvalue weighted by atomic mass is 10.0. The van der Waals surface area contributed by atoms with Gasteiger partial charge in [0, 0.05) is 19.1 Å². The molecule has 2 rings (SSSR count). The number of amides is 2. The van der Waals surface area contributed by atoms with Gasteiger partial charge < -0.3 is 10.2 Å². The van der Waals surface area contributed by atoms with Crippen LogP contribution in [-0.4, -0.2) is 23.5 Å². The Bertz CT molecular complexity index is 419. The van der Waals surface area contributed by atoms with E-state index in [4.69, 9.17) is 0 Å². The summed E-state index contributed by atoms with van der Waals surface area (Å²) >= 11 is 0. The molecule has 1 unspecified atom stereocenters. The minimum Gasteiger partial charge on any atom is -0.334 e. The molecule has 1 fully saturated rings. The van der Waals surface area contributed by atoms with Gasteiger partial charge in [-0.3, -0.25) is 0 Å². The fourth-order valence-electron chi connectivity index (χ4n) is 2.57. The number of urea groups is 1. The molecule has 2 amide bonds. The number of nitrogens with one attached hydrogen (secondary N) is 1. The summed E-state index contributed by atoms with van der Waals surface area (Å²) in [6.07, 6.45) is 4.39. The number of nitrogens with zero attached hydrogens (tertiary/aromatic N) is 1. The number of hydrogen-bond acceptors (Lipinski definition) is 1. The normalized spacial score (nSPS) is 19.3. The summed E-state index contributed by atoms with van der Waals surface area (Å²) in [5.74, 6) is -0.253. The third kappa shape index (κ3) is 3.69. The molecule has 3 nitrogen and oxygen atoms in total. The molecule has 1 aliphatic heterocycles. The van der Waals surface area contributed by atoms with E-state index in [2.05, 4.69) is 12.2 Å². The third-order valence-corrected chi connectivity index (χ3v) is 3.72. The molecule has 1 N–H and O–H groups in total. The maximum atomic E-state index is 12.8. The third-order valence-electron chi connectivity index (χ3n) is 3.72. The molecule has 1 saturated heterocycles. The highest BCUT2D eigenvalue weighted by molar-refractivity contribution is 5.74. The van der Waals surface area contributed by atoms with Crippen LogP contribution in [0.4, 0.5) is 9.18 Å². The van der Waals surface area contributed by atoms with Crippen LogP contribution in [0, 0.1) is 5.82 Å². The molecule has 1 aromatic rings. The summed E-state index contributed by atoms with van der Waals surface area (Å²) in [7, 11) is 0. The van der Waals surface area contributed by atoms with Gasteiger partial charge in [0.25, 0.3) is 0 Å². The molecule has 0 radical (unpaired) electrons. The van der Waals surface area contributed by atoms with E-state index in [9.17, 15) is 9.18 Å². The minimum absolute atomic E-state index is 0.00382. The Morgan fingerprint density at radius 3 is 2.79 bits per heavy atom. The lowest BCUT2D eigenvalue weighted by Crippen LogP contribution is -2.48. The van der Waals surface area contributed by atoms with Crippen molar-refractivity contribution in [2.24, 2.45) is 0 Å². The van der Waals surface area contributed by atoms with Crippen molar-refractivity contribution in [1.29, 1.82) is 0 Å². The van der Waals surface area contributed by atoms with E-state index in [1.165, 1.54) is 18.6 Å². The van der Waals surface area contributed by atoms with Crippen LogP contribution in [-0.2, 0) is 6.54 Å². The van der Waals surface area contributed by atoms with Gasteiger partial charge in [0.15, 0.2) is 0 Å². The van der Waals surface area contributed by atoms with E-state index in [0.717, 1.165) is 31.4 Å². The smallest absolute Gasteiger partial charge is 0.317 e. The quantitative estimate of drug-likeness (QED) is 0.892. The van der Waals surface area contributed by atoms with Gasteiger partial charge in [0.2, 0.25) is 0 Å². The summed E-state index contributed by atoms with van der Waals surface area (Å²) in [5.41, 5.74) is 0.916. The van der Waals surface area contributed by atoms with Crippen molar-refractivity contribution in [2.45, 2.75) is 45.2 Å². The van der Waals surface area contributed by atoms with Gasteiger partial charge >= 0.3 is 6.03 Å². The monoisotopic (exact) mass is 264 g/mol. The average molecular weight is 264 g/mol. The lowest BCUT2D eigenvalue weighted by molar-refractivity contribution is 0.148. The number of hydrogen-bond donors (Lipinski definition) is 1. The summed E-state index contributed by atoms with van der Waals surface area (Å²) in [5, 5.41) is 2.92. The Kier molecular flexibility index (Phi) is 4.77. The molecule has 1 atom stereocenters. The number of carbonyl (C=O) groups is 1. The topological polar surface area (TPSA) is 32.3 Å². The SMILES string of the molecule is CCC1CCCCN1C(=O)NCc1ccc(F)cc1. The van der Waals surface area contributed by atoms with Gasteiger partial charge in [-0.1, -0.05) is 19.1 Å². The standard InChI is InChI=1S/C15H21FN2O/c1-2-14-5-3-4-10-18(14)15(19)17-11-12-6-8-13(16)9-7-12/h6-9,14H,2-5,10-11H2,1H3,(H,17,19). The van der Waals surface area contributed by atoms with Gasteiger partial charge in [-0.25, -0.2) is 9.18 Å². The molecule has 0 aromatic heterocycles. The van der Waals surface area contributed by atoms with E-state index in [-0.39, 0.29) is 11.8 Å². The van der Waals surface area contributed by atoms with Gasteiger partial charge in [-0.15, -0.1) is 0 Å². The molecule has 1 aliphatic rings. The Morgan fingerprint density at radius 2 is 2.11 bits per heavy atom. The molecule has 0 spiro atoms. The first-order chi connectivity index (χ1) is 9.20. The highest BCUT2D eigenvalue weighted by Gasteiger charge is 2.24. The zero-order valence-electron chi connectivity index (χ0n) is 11.4. The van der Waals surface area contributed by atoms with Crippen molar-refractivity contribution in [1.82, 2.24) is 10.2 Å². The summed E-state index contributed by atoms with van der Waals surface area (Å²) in [6.45, 7) is 3.41. The van der Waals surface area contributed by atoms with Gasteiger partial charge in [0.05, 0.1) is 0 Å². The van der Waals surface area contributed by atoms with E-state index in [1.807, 2.05) is 4.90 Å². The van der Waals surface area contributed by atoms with Crippen molar-refractivity contribution in [2.75, 3.05) is 6.54 Å². The number of halogens is 1. The summed E-state index contributed by atoms with van der Waals surface area (Å²) in [6, 6.07) is 6.58. The van der Waals surface area contributed by atoms with Crippen LogP contribution in [0.15, 0.2) is 24.3 Å². The number of rotatable bonds is 3. The van der Waals surface area contributed by atoms with Crippen molar-refractivity contribution in [3.63, 3.8) is 0 Å². The second-order valence-electron chi connectivity index (χ2n) is 5.04. The average Bonchev–Trinajstić information content (AvgIpc) is 2.46. The predicted molar refractivity (Wildman–Crippen MR) is 73.3 cm³/mol. The molecule has 0 saturated carbocycles. The molecule has 4 heteroatoms. The van der Waals surface area contributed by atoms with E-state index in [0.29, 0.717) is 12.6 Å². The van der Waals surface area contributed by atoms with E-state index >= 15 is 0 Å². The van der Waals surface area contributed by atoms with Crippen LogP contribution in [0.1, 0.15) is 38.2 Å². The predicted octanol–water partition coefficient (Wildman–Crippen LogP) is 3.30. The van der Waals surface area contributed by atoms with Crippen LogP contribution in [0.2, 0.25) is 0 Å². The fourth-order valence-corrected chi connectivity index (χ4v) is 2.57. The molecule has 19 heavy (non-hydrogen) atoms. The molecular formula is C15H21FN2O. The largest absolute Gasteiger partial charge is 0.334 e. The Morgan fingerprint density at radius 1 is 1.37 bits per heavy atom. The first-order valence-electron chi connectivity index (χ1n) is 6.99. The Balaban J connectivity index is 1.87. The van der Waals surface area contributed by atoms with Gasteiger partial charge in [-0.05, 0) is 43.4 Å². The molecule has 0 aliphatic carbocycles. The van der Waals surface area contributed by atoms with E-state index in [1.54, 1.807) is 12.1 Å². The number of carbonyl (C=O) groups excluding carboxylic acids is 1. The Hall–Kier alpha value is -1.58. The minimum atomic E-state index is -0.253. The van der Waals surface area contributed by atoms with E-state index < -0.39 is 0 Å². The second kappa shape index (κ2) is 6.55. The Labute approximate surface area is 113 Å². The summed E-state index contributed by atoms with van der Waals surface area (Å²) in [4.78, 5) is 14.1. The highest BCUT2D eigenvalue weighted by Crippen LogP contribution is 2.19. The van der Waals surface area contributed by atoms with Crippen LogP contribution in [0.5, 0.6) is 0 Å². The number of piperidine rings is 1. The van der Waals surface area contributed by atoms with Gasteiger partial charge in [0.1, 0.15) is 5.82 Å². The van der Waals surface area contributed by atoms with Crippen molar-refractivity contribution >= 4 is 6.03 Å². The maximum Gasteiger partial charge on any atom is 0.317 e. The zero-order valence-corrected chi connectivity index (χ0v) is 11.4. The molecule has 0 bridgehead atoms. The molecule has 104 valence electrons. The summed E-state index contributed by atoms with van der Waals surface area (Å²) < 4.78 is 12.8. The van der Waals surface area contributed by atoms with Crippen LogP contribution >= 0.6 is 0 Å². The second-order valence-corrected chi connectivity index (χ2v) is 5.04. The number of benzene rings is 1. The van der Waals surface area contributed by atoms with Crippen molar-refractivity contribution in [3.05, 3.63) is 35.6 Å². The van der Waals surface area contributed by atoms with Crippen LogP contribution in [0.25, 0.3) is 0 Å². The highest BCUT2D eigenvalue weighted by atomic mass is 19.1. The maximum absolute atomic E-state index is 12.8. The van der Waals surface area contributed by atoms with Crippen LogP contribution < -0.4 is 5.32 Å². The zero-order chi connectivity index (χ0) is 13.7. The fraction of sp³-hybridized carbons (Fsp3) is 0.533. The van der Waals surface area contributed by atoms with Crippen molar-refractivity contribution < 1.29 is 9.18 Å². The van der Waals surface area contributed by atoms with Gasteiger partial charge in [-0.2, -0.15) is 0 Å². The van der Waals surface area contributed by atoms with Crippen molar-refractivity contribution in [3.8, 4) is 0 Å². The molecular weight excluding hydrogens is 243 g/mol. The first-order valence-corrected chi connectivity index (χ1v) is 6.99.